The quantitative estimate of drug-likeness (QED) is 0.443. The van der Waals surface area contributed by atoms with Gasteiger partial charge in [-0.2, -0.15) is 10.2 Å². The second kappa shape index (κ2) is 9.24. The van der Waals surface area contributed by atoms with Crippen LogP contribution < -0.4 is 5.32 Å². The topological polar surface area (TPSA) is 133 Å². The van der Waals surface area contributed by atoms with Crippen LogP contribution in [0.15, 0.2) is 66.7 Å². The van der Waals surface area contributed by atoms with E-state index in [4.69, 9.17) is 15.1 Å². The molecule has 0 atom stereocenters. The van der Waals surface area contributed by atoms with Gasteiger partial charge in [0.2, 0.25) is 0 Å². The Bertz CT molecular complexity index is 1430. The molecular weight excluding hydrogens is 448 g/mol. The highest BCUT2D eigenvalue weighted by atomic mass is 16.5. The van der Waals surface area contributed by atoms with Crippen LogP contribution in [0.25, 0.3) is 16.9 Å². The van der Waals surface area contributed by atoms with Gasteiger partial charge >= 0.3 is 6.09 Å². The van der Waals surface area contributed by atoms with Crippen LogP contribution in [0.1, 0.15) is 21.5 Å². The zero-order valence-corrected chi connectivity index (χ0v) is 18.5. The van der Waals surface area contributed by atoms with E-state index in [2.05, 4.69) is 21.5 Å². The number of carbonyl (C=O) groups excluding carboxylic acids is 1. The molecule has 1 fully saturated rings. The first-order valence-corrected chi connectivity index (χ1v) is 10.9. The van der Waals surface area contributed by atoms with Crippen molar-refractivity contribution >= 4 is 23.6 Å². The lowest BCUT2D eigenvalue weighted by Crippen LogP contribution is -2.54. The molecule has 1 saturated heterocycles. The molecule has 35 heavy (non-hydrogen) atoms. The van der Waals surface area contributed by atoms with E-state index in [1.807, 2.05) is 30.3 Å². The number of ether oxygens (including phenoxy) is 1. The fraction of sp³-hybridized carbons (Fsp3) is 0.160. The number of amides is 2. The van der Waals surface area contributed by atoms with Crippen LogP contribution in [0.3, 0.4) is 0 Å². The van der Waals surface area contributed by atoms with Gasteiger partial charge in [-0.15, -0.1) is 5.10 Å². The fourth-order valence-corrected chi connectivity index (χ4v) is 3.84. The average Bonchev–Trinajstić information content (AvgIpc) is 3.25. The fourth-order valence-electron chi connectivity index (χ4n) is 3.84. The van der Waals surface area contributed by atoms with E-state index in [9.17, 15) is 9.59 Å². The van der Waals surface area contributed by atoms with Gasteiger partial charge in [-0.1, -0.05) is 30.3 Å². The van der Waals surface area contributed by atoms with E-state index in [1.54, 1.807) is 45.8 Å². The number of pyridine rings is 1. The van der Waals surface area contributed by atoms with E-state index in [0.717, 1.165) is 11.1 Å². The van der Waals surface area contributed by atoms with Crippen LogP contribution in [-0.2, 0) is 11.3 Å². The second-order valence-corrected chi connectivity index (χ2v) is 8.08. The summed E-state index contributed by atoms with van der Waals surface area (Å²) < 4.78 is 7.41. The number of benzene rings is 2. The molecule has 4 aromatic rings. The van der Waals surface area contributed by atoms with Crippen LogP contribution in [0, 0.1) is 11.3 Å². The summed E-state index contributed by atoms with van der Waals surface area (Å²) in [6, 6.07) is 21.9. The first-order chi connectivity index (χ1) is 17.0. The zero-order chi connectivity index (χ0) is 24.4. The molecule has 10 heteroatoms. The van der Waals surface area contributed by atoms with Crippen molar-refractivity contribution in [2.45, 2.75) is 12.7 Å². The van der Waals surface area contributed by atoms with Crippen LogP contribution >= 0.6 is 0 Å². The third-order valence-corrected chi connectivity index (χ3v) is 5.71. The lowest BCUT2D eigenvalue weighted by Gasteiger charge is -2.39. The van der Waals surface area contributed by atoms with Gasteiger partial charge in [0.25, 0.3) is 11.9 Å². The molecule has 1 aliphatic rings. The number of hydrogen-bond acceptors (Lipinski definition) is 6. The molecule has 2 aromatic heterocycles. The molecule has 0 bridgehead atoms. The smallest absolute Gasteiger partial charge is 0.411 e. The molecule has 2 amide bonds. The van der Waals surface area contributed by atoms with Crippen molar-refractivity contribution in [2.75, 3.05) is 18.4 Å². The summed E-state index contributed by atoms with van der Waals surface area (Å²) in [5, 5.41) is 24.1. The highest BCUT2D eigenvalue weighted by Gasteiger charge is 2.31. The zero-order valence-electron chi connectivity index (χ0n) is 18.5. The average molecular weight is 468 g/mol. The molecule has 0 spiro atoms. The minimum Gasteiger partial charge on any atom is -0.465 e. The normalized spacial score (nSPS) is 13.3. The summed E-state index contributed by atoms with van der Waals surface area (Å²) in [6.07, 6.45) is -1.26. The summed E-state index contributed by atoms with van der Waals surface area (Å²) in [4.78, 5) is 29.6. The van der Waals surface area contributed by atoms with Crippen molar-refractivity contribution in [3.8, 4) is 17.3 Å². The second-order valence-electron chi connectivity index (χ2n) is 8.08. The molecule has 2 aromatic carbocycles. The molecule has 1 aliphatic heterocycles. The predicted molar refractivity (Wildman–Crippen MR) is 126 cm³/mol. The van der Waals surface area contributed by atoms with Crippen LogP contribution in [0.4, 0.5) is 10.7 Å². The minimum absolute atomic E-state index is 0.00881. The predicted octanol–water partition coefficient (Wildman–Crippen LogP) is 3.40. The van der Waals surface area contributed by atoms with Crippen molar-refractivity contribution in [3.05, 3.63) is 83.4 Å². The highest BCUT2D eigenvalue weighted by molar-refractivity contribution is 5.95. The maximum Gasteiger partial charge on any atom is 0.411 e. The molecule has 0 unspecified atom stereocenters. The maximum absolute atomic E-state index is 12.8. The van der Waals surface area contributed by atoms with Crippen molar-refractivity contribution in [1.29, 1.82) is 5.26 Å². The number of carboxylic acid groups (broad SMARTS) is 1. The van der Waals surface area contributed by atoms with Gasteiger partial charge in [0.15, 0.2) is 5.65 Å². The number of aromatic nitrogens is 3. The molecule has 2 N–H and O–H groups in total. The Labute approximate surface area is 200 Å². The Morgan fingerprint density at radius 2 is 1.83 bits per heavy atom. The largest absolute Gasteiger partial charge is 0.465 e. The van der Waals surface area contributed by atoms with E-state index in [1.165, 1.54) is 0 Å². The maximum atomic E-state index is 12.8. The Morgan fingerprint density at radius 3 is 2.51 bits per heavy atom. The monoisotopic (exact) mass is 468 g/mol. The first-order valence-electron chi connectivity index (χ1n) is 10.9. The highest BCUT2D eigenvalue weighted by Crippen LogP contribution is 2.23. The van der Waals surface area contributed by atoms with Gasteiger partial charge in [-0.25, -0.2) is 9.31 Å². The van der Waals surface area contributed by atoms with Crippen LogP contribution in [0.5, 0.6) is 0 Å². The van der Waals surface area contributed by atoms with Crippen LogP contribution in [-0.4, -0.2) is 55.8 Å². The van der Waals surface area contributed by atoms with Crippen molar-refractivity contribution in [1.82, 2.24) is 19.5 Å². The van der Waals surface area contributed by atoms with E-state index in [-0.39, 0.29) is 18.0 Å². The SMILES string of the molecule is N#Cc1ccc(COC2CN(C(=O)c3ccc(-c4cccc5nc(NC(=O)O)nn45)cc3)C2)cc1. The summed E-state index contributed by atoms with van der Waals surface area (Å²) in [5.41, 5.74) is 4.19. The van der Waals surface area contributed by atoms with Gasteiger partial charge in [0, 0.05) is 24.2 Å². The number of hydrogen-bond donors (Lipinski definition) is 2. The Morgan fingerprint density at radius 1 is 1.09 bits per heavy atom. The lowest BCUT2D eigenvalue weighted by atomic mass is 10.1. The molecule has 3 heterocycles. The summed E-state index contributed by atoms with van der Waals surface area (Å²) in [7, 11) is 0. The Balaban J connectivity index is 1.20. The third kappa shape index (κ3) is 4.66. The standard InChI is InChI=1S/C25H20N6O4/c26-12-16-4-6-17(7-5-16)15-35-20-13-30(14-20)23(32)19-10-8-18(9-11-19)21-2-1-3-22-27-24(28-25(33)34)29-31(21)22/h1-11,20H,13-15H2,(H,28,29)(H,33,34). The Kier molecular flexibility index (Phi) is 5.83. The first kappa shape index (κ1) is 22.1. The van der Waals surface area contributed by atoms with Gasteiger partial charge in [-0.3, -0.25) is 10.1 Å². The van der Waals surface area contributed by atoms with E-state index < -0.39 is 6.09 Å². The number of nitrogens with one attached hydrogen (secondary N) is 1. The van der Waals surface area contributed by atoms with Crippen molar-refractivity contribution < 1.29 is 19.4 Å². The third-order valence-electron chi connectivity index (χ3n) is 5.71. The lowest BCUT2D eigenvalue weighted by molar-refractivity contribution is -0.0503. The number of fused-ring (bicyclic) bond motifs is 1. The number of carbonyl (C=O) groups is 2. The van der Waals surface area contributed by atoms with Gasteiger partial charge in [0.05, 0.1) is 30.0 Å². The summed E-state index contributed by atoms with van der Waals surface area (Å²) in [5.74, 6) is -0.0767. The molecule has 0 saturated carbocycles. The molecule has 174 valence electrons. The summed E-state index contributed by atoms with van der Waals surface area (Å²) in [6.45, 7) is 1.48. The van der Waals surface area contributed by atoms with E-state index >= 15 is 0 Å². The molecule has 10 nitrogen and oxygen atoms in total. The number of nitriles is 1. The molecule has 0 radical (unpaired) electrons. The van der Waals surface area contributed by atoms with Gasteiger partial charge in [-0.05, 0) is 42.0 Å². The van der Waals surface area contributed by atoms with Crippen molar-refractivity contribution in [3.63, 3.8) is 0 Å². The van der Waals surface area contributed by atoms with E-state index in [0.29, 0.717) is 42.2 Å². The molecule has 0 aliphatic carbocycles. The Hall–Kier alpha value is -4.75. The number of nitrogens with zero attached hydrogens (tertiary/aromatic N) is 5. The van der Waals surface area contributed by atoms with Gasteiger partial charge < -0.3 is 14.7 Å². The summed E-state index contributed by atoms with van der Waals surface area (Å²) >= 11 is 0. The van der Waals surface area contributed by atoms with Crippen LogP contribution in [0.2, 0.25) is 0 Å². The molecule has 5 rings (SSSR count). The van der Waals surface area contributed by atoms with Gasteiger partial charge in [0.1, 0.15) is 0 Å². The molecular formula is C25H20N6O4. The minimum atomic E-state index is -1.24. The van der Waals surface area contributed by atoms with Crippen molar-refractivity contribution in [2.24, 2.45) is 0 Å². The number of rotatable bonds is 6. The number of anilines is 1. The number of likely N-dealkylation sites (tertiary alicyclic amines) is 1.